The molecule has 0 bridgehead atoms. The Hall–Kier alpha value is -0.960. The van der Waals surface area contributed by atoms with Gasteiger partial charge in [0.15, 0.2) is 5.88 Å². The largest absolute Gasteiger partial charge is 0.446 e. The van der Waals surface area contributed by atoms with E-state index in [9.17, 15) is 0 Å². The Morgan fingerprint density at radius 3 is 2.73 bits per heavy atom. The highest BCUT2D eigenvalue weighted by molar-refractivity contribution is 5.36. The average molecular weight is 208 g/mol. The second-order valence-electron chi connectivity index (χ2n) is 4.18. The van der Waals surface area contributed by atoms with Gasteiger partial charge in [-0.15, -0.1) is 0 Å². The van der Waals surface area contributed by atoms with Gasteiger partial charge in [-0.3, -0.25) is 0 Å². The Balaban J connectivity index is 1.93. The second kappa shape index (κ2) is 5.21. The van der Waals surface area contributed by atoms with Crippen LogP contribution in [0.2, 0.25) is 0 Å². The molecular formula is C12H20N2O. The van der Waals surface area contributed by atoms with E-state index in [1.165, 1.54) is 19.3 Å². The van der Waals surface area contributed by atoms with E-state index >= 15 is 0 Å². The maximum absolute atomic E-state index is 5.80. The van der Waals surface area contributed by atoms with Crippen molar-refractivity contribution in [2.24, 2.45) is 5.73 Å². The lowest BCUT2D eigenvalue weighted by molar-refractivity contribution is 0.469. The standard InChI is InChI=1S/C12H20N2O/c13-8-4-5-11-6-7-12(15-11)14-9-2-1-3-10-14/h6-7H,1-5,8-10,13H2. The number of nitrogens with two attached hydrogens (primary N) is 1. The van der Waals surface area contributed by atoms with Crippen LogP contribution in [0.15, 0.2) is 16.5 Å². The molecule has 0 atom stereocenters. The summed E-state index contributed by atoms with van der Waals surface area (Å²) in [5.74, 6) is 2.11. The van der Waals surface area contributed by atoms with E-state index in [0.717, 1.165) is 44.1 Å². The van der Waals surface area contributed by atoms with Crippen molar-refractivity contribution in [3.63, 3.8) is 0 Å². The third-order valence-electron chi connectivity index (χ3n) is 2.94. The van der Waals surface area contributed by atoms with Crippen molar-refractivity contribution < 1.29 is 4.42 Å². The molecule has 3 nitrogen and oxygen atoms in total. The summed E-state index contributed by atoms with van der Waals surface area (Å²) in [6.07, 6.45) is 5.91. The molecule has 1 aromatic heterocycles. The van der Waals surface area contributed by atoms with Gasteiger partial charge in [-0.25, -0.2) is 0 Å². The van der Waals surface area contributed by atoms with Gasteiger partial charge in [0, 0.05) is 25.6 Å². The third kappa shape index (κ3) is 2.75. The molecule has 15 heavy (non-hydrogen) atoms. The van der Waals surface area contributed by atoms with Crippen molar-refractivity contribution in [2.45, 2.75) is 32.1 Å². The minimum atomic E-state index is 0.736. The maximum Gasteiger partial charge on any atom is 0.195 e. The van der Waals surface area contributed by atoms with Crippen molar-refractivity contribution in [1.82, 2.24) is 0 Å². The van der Waals surface area contributed by atoms with Crippen LogP contribution in [0.3, 0.4) is 0 Å². The molecule has 0 aromatic carbocycles. The van der Waals surface area contributed by atoms with E-state index in [-0.39, 0.29) is 0 Å². The summed E-state index contributed by atoms with van der Waals surface area (Å²) in [6.45, 7) is 3.02. The summed E-state index contributed by atoms with van der Waals surface area (Å²) < 4.78 is 5.80. The Morgan fingerprint density at radius 1 is 1.20 bits per heavy atom. The number of hydrogen-bond donors (Lipinski definition) is 1. The molecule has 0 aliphatic carbocycles. The first-order valence-electron chi connectivity index (χ1n) is 5.94. The van der Waals surface area contributed by atoms with E-state index in [2.05, 4.69) is 17.0 Å². The quantitative estimate of drug-likeness (QED) is 0.824. The first-order chi connectivity index (χ1) is 7.40. The average Bonchev–Trinajstić information content (AvgIpc) is 2.76. The summed E-state index contributed by atoms with van der Waals surface area (Å²) in [7, 11) is 0. The fraction of sp³-hybridized carbons (Fsp3) is 0.667. The van der Waals surface area contributed by atoms with Crippen LogP contribution in [-0.2, 0) is 6.42 Å². The van der Waals surface area contributed by atoms with Crippen molar-refractivity contribution in [1.29, 1.82) is 0 Å². The Kier molecular flexibility index (Phi) is 3.67. The highest BCUT2D eigenvalue weighted by Gasteiger charge is 2.13. The molecular weight excluding hydrogens is 188 g/mol. The lowest BCUT2D eigenvalue weighted by Gasteiger charge is -2.25. The number of rotatable bonds is 4. The molecule has 0 saturated carbocycles. The van der Waals surface area contributed by atoms with E-state index in [4.69, 9.17) is 10.2 Å². The summed E-state index contributed by atoms with van der Waals surface area (Å²) in [4.78, 5) is 2.34. The SMILES string of the molecule is NCCCc1ccc(N2CCCCC2)o1. The topological polar surface area (TPSA) is 42.4 Å². The van der Waals surface area contributed by atoms with Crippen LogP contribution in [0, 0.1) is 0 Å². The van der Waals surface area contributed by atoms with Gasteiger partial charge in [0.25, 0.3) is 0 Å². The molecule has 3 heteroatoms. The molecule has 0 spiro atoms. The van der Waals surface area contributed by atoms with Gasteiger partial charge in [-0.05, 0) is 38.3 Å². The zero-order valence-corrected chi connectivity index (χ0v) is 9.24. The van der Waals surface area contributed by atoms with Gasteiger partial charge in [0.1, 0.15) is 5.76 Å². The number of nitrogens with zero attached hydrogens (tertiary/aromatic N) is 1. The number of piperidine rings is 1. The van der Waals surface area contributed by atoms with Crippen LogP contribution < -0.4 is 10.6 Å². The van der Waals surface area contributed by atoms with Crippen LogP contribution in [0.1, 0.15) is 31.4 Å². The van der Waals surface area contributed by atoms with E-state index in [0.29, 0.717) is 0 Å². The molecule has 1 aliphatic rings. The molecule has 1 aromatic rings. The number of hydrogen-bond acceptors (Lipinski definition) is 3. The minimum Gasteiger partial charge on any atom is -0.446 e. The van der Waals surface area contributed by atoms with Crippen LogP contribution in [0.5, 0.6) is 0 Å². The van der Waals surface area contributed by atoms with E-state index in [1.54, 1.807) is 0 Å². The number of anilines is 1. The highest BCUT2D eigenvalue weighted by atomic mass is 16.4. The molecule has 2 N–H and O–H groups in total. The fourth-order valence-electron chi connectivity index (χ4n) is 2.06. The van der Waals surface area contributed by atoms with Crippen molar-refractivity contribution >= 4 is 5.88 Å². The predicted molar refractivity (Wildman–Crippen MR) is 62.1 cm³/mol. The monoisotopic (exact) mass is 208 g/mol. The second-order valence-corrected chi connectivity index (χ2v) is 4.18. The lowest BCUT2D eigenvalue weighted by atomic mass is 10.1. The molecule has 2 rings (SSSR count). The van der Waals surface area contributed by atoms with Crippen molar-refractivity contribution in [3.05, 3.63) is 17.9 Å². The summed E-state index contributed by atoms with van der Waals surface area (Å²) >= 11 is 0. The van der Waals surface area contributed by atoms with E-state index in [1.807, 2.05) is 0 Å². The van der Waals surface area contributed by atoms with Gasteiger partial charge < -0.3 is 15.1 Å². The molecule has 0 amide bonds. The molecule has 1 saturated heterocycles. The molecule has 0 radical (unpaired) electrons. The van der Waals surface area contributed by atoms with Gasteiger partial charge in [0.2, 0.25) is 0 Å². The van der Waals surface area contributed by atoms with Gasteiger partial charge in [-0.2, -0.15) is 0 Å². The zero-order chi connectivity index (χ0) is 10.5. The van der Waals surface area contributed by atoms with E-state index < -0.39 is 0 Å². The minimum absolute atomic E-state index is 0.736. The molecule has 2 heterocycles. The summed E-state index contributed by atoms with van der Waals surface area (Å²) in [5, 5.41) is 0. The third-order valence-corrected chi connectivity index (χ3v) is 2.94. The smallest absolute Gasteiger partial charge is 0.195 e. The first kappa shape index (κ1) is 10.6. The normalized spacial score (nSPS) is 17.0. The molecule has 0 unspecified atom stereocenters. The molecule has 84 valence electrons. The summed E-state index contributed by atoms with van der Waals surface area (Å²) in [5.41, 5.74) is 5.47. The van der Waals surface area contributed by atoms with Crippen LogP contribution in [0.25, 0.3) is 0 Å². The highest BCUT2D eigenvalue weighted by Crippen LogP contribution is 2.22. The summed E-state index contributed by atoms with van der Waals surface area (Å²) in [6, 6.07) is 4.18. The number of aryl methyl sites for hydroxylation is 1. The van der Waals surface area contributed by atoms with Gasteiger partial charge in [0.05, 0.1) is 0 Å². The van der Waals surface area contributed by atoms with Crippen LogP contribution in [0.4, 0.5) is 5.88 Å². The van der Waals surface area contributed by atoms with Crippen LogP contribution >= 0.6 is 0 Å². The Labute approximate surface area is 91.2 Å². The number of furan rings is 1. The van der Waals surface area contributed by atoms with Crippen molar-refractivity contribution in [3.8, 4) is 0 Å². The Morgan fingerprint density at radius 2 is 2.00 bits per heavy atom. The van der Waals surface area contributed by atoms with Crippen LogP contribution in [-0.4, -0.2) is 19.6 Å². The maximum atomic E-state index is 5.80. The lowest BCUT2D eigenvalue weighted by Crippen LogP contribution is -2.28. The van der Waals surface area contributed by atoms with Gasteiger partial charge in [-0.1, -0.05) is 0 Å². The predicted octanol–water partition coefficient (Wildman–Crippen LogP) is 2.16. The Bertz CT molecular complexity index is 290. The molecule has 1 fully saturated rings. The zero-order valence-electron chi connectivity index (χ0n) is 9.24. The first-order valence-corrected chi connectivity index (χ1v) is 5.94. The fourth-order valence-corrected chi connectivity index (χ4v) is 2.06. The molecule has 1 aliphatic heterocycles. The van der Waals surface area contributed by atoms with Crippen molar-refractivity contribution in [2.75, 3.05) is 24.5 Å². The van der Waals surface area contributed by atoms with Gasteiger partial charge >= 0.3 is 0 Å².